The molecule has 2 saturated heterocycles. The quantitative estimate of drug-likeness (QED) is 0.696. The van der Waals surface area contributed by atoms with Gasteiger partial charge in [0.25, 0.3) is 5.91 Å². The predicted molar refractivity (Wildman–Crippen MR) is 77.8 cm³/mol. The van der Waals surface area contributed by atoms with Crippen molar-refractivity contribution in [3.05, 3.63) is 0 Å². The highest BCUT2D eigenvalue weighted by Crippen LogP contribution is 2.44. The summed E-state index contributed by atoms with van der Waals surface area (Å²) < 4.78 is 0. The van der Waals surface area contributed by atoms with Crippen LogP contribution in [0, 0.1) is 11.3 Å². The maximum Gasteiger partial charge on any atom is 0.325 e. The molecule has 3 rings (SSSR count). The Morgan fingerprint density at radius 3 is 2.73 bits per heavy atom. The zero-order chi connectivity index (χ0) is 15.7. The maximum atomic E-state index is 12.4. The largest absolute Gasteiger partial charge is 0.396 e. The molecule has 1 atom stereocenters. The monoisotopic (exact) mass is 309 g/mol. The minimum absolute atomic E-state index is 0.0334. The molecule has 0 spiro atoms. The Bertz CT molecular complexity index is 475. The molecular weight excluding hydrogens is 286 g/mol. The lowest BCUT2D eigenvalue weighted by atomic mass is 9.76. The summed E-state index contributed by atoms with van der Waals surface area (Å²) in [4.78, 5) is 38.2. The van der Waals surface area contributed by atoms with E-state index in [1.165, 1.54) is 12.8 Å². The van der Waals surface area contributed by atoms with E-state index in [9.17, 15) is 19.5 Å². The van der Waals surface area contributed by atoms with Gasteiger partial charge in [0.2, 0.25) is 5.91 Å². The van der Waals surface area contributed by atoms with Crippen molar-refractivity contribution in [2.24, 2.45) is 11.3 Å². The van der Waals surface area contributed by atoms with E-state index in [0.717, 1.165) is 24.2 Å². The number of aliphatic hydroxyl groups excluding tert-OH is 1. The second-order valence-corrected chi connectivity index (χ2v) is 6.86. The normalized spacial score (nSPS) is 29.0. The second-order valence-electron chi connectivity index (χ2n) is 6.86. The molecule has 122 valence electrons. The lowest BCUT2D eigenvalue weighted by Gasteiger charge is -2.42. The van der Waals surface area contributed by atoms with Crippen molar-refractivity contribution in [3.63, 3.8) is 0 Å². The molecule has 2 heterocycles. The number of piperidine rings is 1. The molecule has 2 N–H and O–H groups in total. The van der Waals surface area contributed by atoms with E-state index in [-0.39, 0.29) is 36.9 Å². The summed E-state index contributed by atoms with van der Waals surface area (Å²) in [6, 6.07) is -0.498. The van der Waals surface area contributed by atoms with Crippen LogP contribution >= 0.6 is 0 Å². The Morgan fingerprint density at radius 2 is 2.14 bits per heavy atom. The molecule has 3 aliphatic rings. The summed E-state index contributed by atoms with van der Waals surface area (Å²) in [7, 11) is 0. The predicted octanol–water partition coefficient (Wildman–Crippen LogP) is -0.0606. The van der Waals surface area contributed by atoms with Gasteiger partial charge >= 0.3 is 6.03 Å². The number of carbonyl (C=O) groups excluding carboxylic acids is 3. The van der Waals surface area contributed by atoms with Gasteiger partial charge < -0.3 is 15.3 Å². The number of rotatable bonds is 5. The second kappa shape index (κ2) is 5.87. The molecule has 0 radical (unpaired) electrons. The first kappa shape index (κ1) is 15.3. The highest BCUT2D eigenvalue weighted by Gasteiger charge is 2.41. The standard InChI is InChI=1S/C15H23N3O4/c19-10-15(6-11-2-3-11)4-1-5-17(9-15)13(21)8-18-12(20)7-16-14(18)22/h11,19H,1-10H2,(H,16,22)/t15-/m1/s1. The smallest absolute Gasteiger partial charge is 0.325 e. The Balaban J connectivity index is 1.62. The van der Waals surface area contributed by atoms with E-state index < -0.39 is 6.03 Å². The number of aliphatic hydroxyl groups is 1. The van der Waals surface area contributed by atoms with Crippen LogP contribution in [0.3, 0.4) is 0 Å². The van der Waals surface area contributed by atoms with Crippen LogP contribution < -0.4 is 5.32 Å². The van der Waals surface area contributed by atoms with E-state index in [1.807, 2.05) is 0 Å². The van der Waals surface area contributed by atoms with Gasteiger partial charge in [0, 0.05) is 18.5 Å². The number of nitrogens with one attached hydrogen (secondary N) is 1. The Kier molecular flexibility index (Phi) is 4.08. The van der Waals surface area contributed by atoms with Crippen molar-refractivity contribution < 1.29 is 19.5 Å². The van der Waals surface area contributed by atoms with Gasteiger partial charge in [0.1, 0.15) is 6.54 Å². The molecule has 2 aliphatic heterocycles. The van der Waals surface area contributed by atoms with Crippen LogP contribution in [0.25, 0.3) is 0 Å². The van der Waals surface area contributed by atoms with Crippen LogP contribution in [-0.4, -0.2) is 65.5 Å². The molecule has 7 nitrogen and oxygen atoms in total. The number of hydrogen-bond acceptors (Lipinski definition) is 4. The van der Waals surface area contributed by atoms with Crippen LogP contribution in [0.15, 0.2) is 0 Å². The lowest BCUT2D eigenvalue weighted by Crippen LogP contribution is -2.51. The van der Waals surface area contributed by atoms with Crippen LogP contribution in [0.4, 0.5) is 4.79 Å². The number of urea groups is 1. The Labute approximate surface area is 129 Å². The number of imide groups is 1. The molecule has 0 bridgehead atoms. The third-order valence-electron chi connectivity index (χ3n) is 5.00. The summed E-state index contributed by atoms with van der Waals surface area (Å²) in [6.07, 6.45) is 5.21. The highest BCUT2D eigenvalue weighted by atomic mass is 16.3. The molecular formula is C15H23N3O4. The molecule has 0 unspecified atom stereocenters. The van der Waals surface area contributed by atoms with Crippen LogP contribution in [-0.2, 0) is 9.59 Å². The van der Waals surface area contributed by atoms with Gasteiger partial charge in [-0.1, -0.05) is 12.8 Å². The topological polar surface area (TPSA) is 90.0 Å². The Hall–Kier alpha value is -1.63. The van der Waals surface area contributed by atoms with E-state index in [0.29, 0.717) is 19.0 Å². The fourth-order valence-electron chi connectivity index (χ4n) is 3.57. The first-order chi connectivity index (χ1) is 10.5. The van der Waals surface area contributed by atoms with Gasteiger partial charge in [-0.3, -0.25) is 14.5 Å². The van der Waals surface area contributed by atoms with Crippen LogP contribution in [0.2, 0.25) is 0 Å². The van der Waals surface area contributed by atoms with Gasteiger partial charge in [0.05, 0.1) is 13.2 Å². The zero-order valence-corrected chi connectivity index (χ0v) is 12.7. The van der Waals surface area contributed by atoms with Crippen molar-refractivity contribution in [2.45, 2.75) is 32.1 Å². The molecule has 0 aromatic rings. The number of likely N-dealkylation sites (tertiary alicyclic amines) is 1. The number of carbonyl (C=O) groups is 3. The van der Waals surface area contributed by atoms with Gasteiger partial charge in [-0.15, -0.1) is 0 Å². The minimum Gasteiger partial charge on any atom is -0.396 e. The summed E-state index contributed by atoms with van der Waals surface area (Å²) in [5.41, 5.74) is -0.202. The van der Waals surface area contributed by atoms with E-state index in [4.69, 9.17) is 0 Å². The first-order valence-electron chi connectivity index (χ1n) is 8.00. The van der Waals surface area contributed by atoms with Crippen molar-refractivity contribution in [3.8, 4) is 0 Å². The van der Waals surface area contributed by atoms with Crippen LogP contribution in [0.5, 0.6) is 0 Å². The molecule has 0 aromatic heterocycles. The fraction of sp³-hybridized carbons (Fsp3) is 0.800. The van der Waals surface area contributed by atoms with Crippen molar-refractivity contribution in [2.75, 3.05) is 32.8 Å². The number of amides is 4. The van der Waals surface area contributed by atoms with E-state index in [2.05, 4.69) is 5.32 Å². The fourth-order valence-corrected chi connectivity index (χ4v) is 3.57. The number of nitrogens with zero attached hydrogens (tertiary/aromatic N) is 2. The molecule has 4 amide bonds. The van der Waals surface area contributed by atoms with Crippen molar-refractivity contribution in [1.82, 2.24) is 15.1 Å². The summed E-state index contributed by atoms with van der Waals surface area (Å²) >= 11 is 0. The summed E-state index contributed by atoms with van der Waals surface area (Å²) in [5, 5.41) is 12.2. The summed E-state index contributed by atoms with van der Waals surface area (Å²) in [5.74, 6) is 0.119. The van der Waals surface area contributed by atoms with Crippen molar-refractivity contribution >= 4 is 17.8 Å². The molecule has 1 saturated carbocycles. The number of hydrogen-bond donors (Lipinski definition) is 2. The third-order valence-corrected chi connectivity index (χ3v) is 5.00. The maximum absolute atomic E-state index is 12.4. The van der Waals surface area contributed by atoms with Gasteiger partial charge in [-0.2, -0.15) is 0 Å². The third kappa shape index (κ3) is 3.09. The SMILES string of the molecule is O=C(CN1C(=O)CNC1=O)N1CCC[C@@](CO)(CC2CC2)C1. The van der Waals surface area contributed by atoms with Gasteiger partial charge in [-0.25, -0.2) is 4.79 Å². The van der Waals surface area contributed by atoms with Crippen LogP contribution in [0.1, 0.15) is 32.1 Å². The van der Waals surface area contributed by atoms with E-state index in [1.54, 1.807) is 4.90 Å². The molecule has 0 aromatic carbocycles. The Morgan fingerprint density at radius 1 is 1.36 bits per heavy atom. The van der Waals surface area contributed by atoms with Crippen molar-refractivity contribution in [1.29, 1.82) is 0 Å². The molecule has 1 aliphatic carbocycles. The van der Waals surface area contributed by atoms with E-state index >= 15 is 0 Å². The van der Waals surface area contributed by atoms with Gasteiger partial charge in [-0.05, 0) is 25.2 Å². The molecule has 22 heavy (non-hydrogen) atoms. The van der Waals surface area contributed by atoms with Gasteiger partial charge in [0.15, 0.2) is 0 Å². The minimum atomic E-state index is -0.498. The first-order valence-corrected chi connectivity index (χ1v) is 8.00. The average molecular weight is 309 g/mol. The zero-order valence-electron chi connectivity index (χ0n) is 12.7. The molecule has 3 fully saturated rings. The molecule has 7 heteroatoms. The highest BCUT2D eigenvalue weighted by molar-refractivity contribution is 6.04. The summed E-state index contributed by atoms with van der Waals surface area (Å²) in [6.45, 7) is 1.03. The lowest BCUT2D eigenvalue weighted by molar-refractivity contribution is -0.140. The average Bonchev–Trinajstić information content (AvgIpc) is 3.28.